The lowest BCUT2D eigenvalue weighted by atomic mass is 10.2. The summed E-state index contributed by atoms with van der Waals surface area (Å²) in [4.78, 5) is 25.3. The van der Waals surface area contributed by atoms with Gasteiger partial charge in [-0.25, -0.2) is 4.98 Å². The number of rotatable bonds is 11. The summed E-state index contributed by atoms with van der Waals surface area (Å²) in [5.74, 6) is 0.193. The van der Waals surface area contributed by atoms with Crippen LogP contribution in [0.15, 0.2) is 36.7 Å². The molecule has 1 unspecified atom stereocenters. The summed E-state index contributed by atoms with van der Waals surface area (Å²) in [5, 5.41) is 14.8. The maximum Gasteiger partial charge on any atom is 0.323 e. The lowest BCUT2D eigenvalue weighted by molar-refractivity contribution is -0.148. The number of anilines is 2. The van der Waals surface area contributed by atoms with Crippen molar-refractivity contribution in [1.29, 1.82) is 5.41 Å². The summed E-state index contributed by atoms with van der Waals surface area (Å²) in [7, 11) is 1.72. The van der Waals surface area contributed by atoms with Gasteiger partial charge in [-0.3, -0.25) is 14.4 Å². The van der Waals surface area contributed by atoms with Crippen molar-refractivity contribution in [2.45, 2.75) is 57.8 Å². The molecular weight excluding hydrogens is 527 g/mol. The highest BCUT2D eigenvalue weighted by Gasteiger charge is 2.35. The third kappa shape index (κ3) is 6.54. The van der Waals surface area contributed by atoms with Crippen LogP contribution in [0.4, 0.5) is 11.8 Å². The predicted octanol–water partition coefficient (Wildman–Crippen LogP) is 3.21. The van der Waals surface area contributed by atoms with E-state index in [0.29, 0.717) is 35.3 Å². The molecule has 204 valence electrons. The monoisotopic (exact) mass is 560 g/mol. The van der Waals surface area contributed by atoms with Crippen molar-refractivity contribution >= 4 is 52.8 Å². The Balaban J connectivity index is 1.49. The molecule has 3 heterocycles. The molecule has 4 rings (SSSR count). The maximum absolute atomic E-state index is 12.5. The first-order valence-electron chi connectivity index (χ1n) is 12.2. The number of carbonyl (C=O) groups excluding carboxylic acids is 1. The molecule has 0 spiro atoms. The van der Waals surface area contributed by atoms with Crippen molar-refractivity contribution in [1.82, 2.24) is 24.6 Å². The van der Waals surface area contributed by atoms with Gasteiger partial charge in [0.25, 0.3) is 0 Å². The molecular formula is C24H33N8O4PS. The second-order valence-electron chi connectivity index (χ2n) is 9.29. The van der Waals surface area contributed by atoms with Gasteiger partial charge in [0, 0.05) is 19.6 Å². The van der Waals surface area contributed by atoms with Crippen LogP contribution >= 0.6 is 6.42 Å². The van der Waals surface area contributed by atoms with Crippen molar-refractivity contribution in [2.75, 3.05) is 24.7 Å². The van der Waals surface area contributed by atoms with Crippen molar-refractivity contribution in [3.8, 4) is 0 Å². The van der Waals surface area contributed by atoms with E-state index in [2.05, 4.69) is 25.4 Å². The highest BCUT2D eigenvalue weighted by Crippen LogP contribution is 2.48. The lowest BCUT2D eigenvalue weighted by Gasteiger charge is -2.28. The van der Waals surface area contributed by atoms with Crippen LogP contribution in [0.5, 0.6) is 0 Å². The Labute approximate surface area is 226 Å². The zero-order chi connectivity index (χ0) is 27.4. The molecule has 2 aromatic heterocycles. The molecule has 1 fully saturated rings. The van der Waals surface area contributed by atoms with Gasteiger partial charge in [-0.2, -0.15) is 9.97 Å². The molecule has 0 amide bonds. The molecule has 38 heavy (non-hydrogen) atoms. The number of hydrogen-bond donors (Lipinski definition) is 4. The second kappa shape index (κ2) is 11.8. The first-order valence-corrected chi connectivity index (χ1v) is 15.2. The van der Waals surface area contributed by atoms with Gasteiger partial charge in [0.1, 0.15) is 12.5 Å². The molecule has 0 radical (unpaired) electrons. The van der Waals surface area contributed by atoms with Crippen molar-refractivity contribution in [3.05, 3.63) is 42.2 Å². The van der Waals surface area contributed by atoms with Gasteiger partial charge in [-0.15, -0.1) is 0 Å². The summed E-state index contributed by atoms with van der Waals surface area (Å²) < 4.78 is 19.5. The Kier molecular flexibility index (Phi) is 8.74. The number of esters is 1. The standard InChI is InChI=1S/C24H33N8O4PS/c1-14(2)35-23(33)15(3)31-37(38,12-16-8-6-5-7-9-16)34-11-17-10-18(25)22(36-17)32-13-28-19-20(27-4)29-24(26)30-21(19)32/h5-9,13-15,17,22,25H,10-12H2,1-4H3,(H,31,38)(H3,26,27,29,30)/t15-,17-,22+,37?/m0/s1. The summed E-state index contributed by atoms with van der Waals surface area (Å²) in [6.45, 7) is 5.46. The molecule has 1 aliphatic rings. The average Bonchev–Trinajstić information content (AvgIpc) is 3.45. The van der Waals surface area contributed by atoms with E-state index < -0.39 is 24.8 Å². The van der Waals surface area contributed by atoms with Gasteiger partial charge in [0.15, 0.2) is 23.2 Å². The molecule has 1 saturated heterocycles. The Morgan fingerprint density at radius 1 is 1.32 bits per heavy atom. The third-order valence-corrected chi connectivity index (χ3v) is 8.94. The molecule has 5 N–H and O–H groups in total. The minimum absolute atomic E-state index is 0.0887. The van der Waals surface area contributed by atoms with Crippen molar-refractivity contribution < 1.29 is 18.8 Å². The largest absolute Gasteiger partial charge is 0.462 e. The van der Waals surface area contributed by atoms with Gasteiger partial charge in [-0.1, -0.05) is 30.3 Å². The fraction of sp³-hybridized carbons (Fsp3) is 0.458. The second-order valence-corrected chi connectivity index (χ2v) is 13.2. The van der Waals surface area contributed by atoms with E-state index in [9.17, 15) is 4.79 Å². The third-order valence-electron chi connectivity index (χ3n) is 5.79. The normalized spacial score (nSPS) is 20.0. The van der Waals surface area contributed by atoms with Gasteiger partial charge in [0.05, 0.1) is 30.9 Å². The Morgan fingerprint density at radius 2 is 2.05 bits per heavy atom. The molecule has 12 nitrogen and oxygen atoms in total. The molecule has 0 saturated carbocycles. The molecule has 1 aliphatic heterocycles. The Hall–Kier alpha value is -2.96. The minimum Gasteiger partial charge on any atom is -0.462 e. The number of benzene rings is 1. The summed E-state index contributed by atoms with van der Waals surface area (Å²) in [5.41, 5.74) is 8.20. The fourth-order valence-electron chi connectivity index (χ4n) is 4.11. The average molecular weight is 561 g/mol. The van der Waals surface area contributed by atoms with E-state index in [1.165, 1.54) is 0 Å². The highest BCUT2D eigenvalue weighted by atomic mass is 32.4. The predicted molar refractivity (Wildman–Crippen MR) is 150 cm³/mol. The van der Waals surface area contributed by atoms with Crippen LogP contribution in [0, 0.1) is 5.41 Å². The summed E-state index contributed by atoms with van der Waals surface area (Å²) in [6.07, 6.45) is -1.77. The number of fused-ring (bicyclic) bond motifs is 1. The molecule has 14 heteroatoms. The van der Waals surface area contributed by atoms with Crippen LogP contribution in [-0.4, -0.2) is 63.1 Å². The number of nitrogens with zero attached hydrogens (tertiary/aromatic N) is 4. The van der Waals surface area contributed by atoms with Crippen LogP contribution in [0.25, 0.3) is 11.2 Å². The SMILES string of the molecule is CNc1nc(N)nc2c1ncn2[C@@H]1O[C@H](COP(=S)(Cc2ccccc2)N[C@@H](C)C(=O)OC(C)C)CC1=N. The number of aromatic nitrogens is 4. The van der Waals surface area contributed by atoms with Gasteiger partial charge in [0.2, 0.25) is 5.95 Å². The van der Waals surface area contributed by atoms with Crippen molar-refractivity contribution in [2.24, 2.45) is 0 Å². The number of nitrogens with two attached hydrogens (primary N) is 1. The smallest absolute Gasteiger partial charge is 0.323 e. The van der Waals surface area contributed by atoms with Gasteiger partial charge in [-0.05, 0) is 38.1 Å². The quantitative estimate of drug-likeness (QED) is 0.201. The summed E-state index contributed by atoms with van der Waals surface area (Å²) in [6, 6.07) is 9.09. The summed E-state index contributed by atoms with van der Waals surface area (Å²) >= 11 is 5.98. The molecule has 4 atom stereocenters. The molecule has 0 aliphatic carbocycles. The van der Waals surface area contributed by atoms with E-state index in [1.807, 2.05) is 30.3 Å². The van der Waals surface area contributed by atoms with Crippen LogP contribution in [0.1, 0.15) is 39.0 Å². The highest BCUT2D eigenvalue weighted by molar-refractivity contribution is 8.10. The minimum atomic E-state index is -2.74. The lowest BCUT2D eigenvalue weighted by Crippen LogP contribution is -2.36. The number of ether oxygens (including phenoxy) is 2. The fourth-order valence-corrected chi connectivity index (χ4v) is 7.26. The Morgan fingerprint density at radius 3 is 2.74 bits per heavy atom. The van der Waals surface area contributed by atoms with E-state index in [-0.39, 0.29) is 24.6 Å². The van der Waals surface area contributed by atoms with Crippen molar-refractivity contribution in [3.63, 3.8) is 0 Å². The van der Waals surface area contributed by atoms with E-state index in [0.717, 1.165) is 5.56 Å². The van der Waals surface area contributed by atoms with Crippen LogP contribution in [0.2, 0.25) is 0 Å². The topological polar surface area (TPSA) is 162 Å². The number of nitrogens with one attached hydrogen (secondary N) is 3. The van der Waals surface area contributed by atoms with Crippen LogP contribution in [-0.2, 0) is 36.8 Å². The number of hydrogen-bond acceptors (Lipinski definition) is 11. The first kappa shape index (κ1) is 28.1. The molecule has 0 bridgehead atoms. The number of imidazole rings is 1. The van der Waals surface area contributed by atoms with E-state index >= 15 is 0 Å². The number of carbonyl (C=O) groups is 1. The molecule has 1 aromatic carbocycles. The van der Waals surface area contributed by atoms with E-state index in [4.69, 9.17) is 36.9 Å². The number of nitrogen functional groups attached to an aromatic ring is 1. The molecule has 3 aromatic rings. The van der Waals surface area contributed by atoms with E-state index in [1.54, 1.807) is 38.7 Å². The first-order chi connectivity index (χ1) is 18.1. The van der Waals surface area contributed by atoms with Crippen LogP contribution < -0.4 is 16.1 Å². The van der Waals surface area contributed by atoms with Gasteiger partial charge >= 0.3 is 5.97 Å². The van der Waals surface area contributed by atoms with Gasteiger partial charge < -0.3 is 30.5 Å². The maximum atomic E-state index is 12.5. The van der Waals surface area contributed by atoms with Crippen LogP contribution in [0.3, 0.4) is 0 Å². The zero-order valence-electron chi connectivity index (χ0n) is 21.7. The Bertz CT molecular complexity index is 1350. The zero-order valence-corrected chi connectivity index (χ0v) is 23.5.